The Morgan fingerprint density at radius 3 is 2.61 bits per heavy atom. The number of halogens is 3. The molecule has 0 atom stereocenters. The van der Waals surface area contributed by atoms with Crippen LogP contribution in [0.2, 0.25) is 0 Å². The molecule has 2 N–H and O–H groups in total. The molecule has 1 heterocycles. The highest BCUT2D eigenvalue weighted by atomic mass is 19.4. The van der Waals surface area contributed by atoms with Crippen LogP contribution in [0.1, 0.15) is 17.5 Å². The van der Waals surface area contributed by atoms with E-state index in [4.69, 9.17) is 4.74 Å². The molecule has 0 fully saturated rings. The first-order chi connectivity index (χ1) is 13.3. The van der Waals surface area contributed by atoms with Crippen LogP contribution in [0.5, 0.6) is 5.75 Å². The molecule has 0 radical (unpaired) electrons. The Balaban J connectivity index is 1.75. The zero-order valence-electron chi connectivity index (χ0n) is 14.9. The number of aromatic amines is 1. The van der Waals surface area contributed by atoms with Gasteiger partial charge in [-0.15, -0.1) is 0 Å². The highest BCUT2D eigenvalue weighted by Gasteiger charge is 2.33. The summed E-state index contributed by atoms with van der Waals surface area (Å²) >= 11 is 0. The number of carbonyl (C=O) groups is 1. The molecule has 0 bridgehead atoms. The molecule has 0 spiro atoms. The summed E-state index contributed by atoms with van der Waals surface area (Å²) in [4.78, 5) is 27.0. The topological polar surface area (TPSA) is 71.2 Å². The number of aromatic nitrogens is 1. The first-order valence-electron chi connectivity index (χ1n) is 8.44. The number of fused-ring (bicyclic) bond motifs is 1. The van der Waals surface area contributed by atoms with E-state index in [1.165, 1.54) is 25.3 Å². The zero-order chi connectivity index (χ0) is 20.3. The van der Waals surface area contributed by atoms with E-state index in [1.807, 2.05) is 0 Å². The highest BCUT2D eigenvalue weighted by molar-refractivity contribution is 5.91. The fourth-order valence-electron chi connectivity index (χ4n) is 2.84. The number of alkyl halides is 3. The van der Waals surface area contributed by atoms with E-state index in [0.29, 0.717) is 16.8 Å². The number of benzene rings is 2. The number of pyridine rings is 1. The van der Waals surface area contributed by atoms with Crippen molar-refractivity contribution in [3.8, 4) is 5.75 Å². The van der Waals surface area contributed by atoms with E-state index in [-0.39, 0.29) is 24.1 Å². The lowest BCUT2D eigenvalue weighted by atomic mass is 10.1. The number of H-pyrrole nitrogens is 1. The van der Waals surface area contributed by atoms with Gasteiger partial charge in [-0.3, -0.25) is 9.59 Å². The third-order valence-electron chi connectivity index (χ3n) is 4.26. The molecule has 0 unspecified atom stereocenters. The average molecular weight is 390 g/mol. The molecule has 0 aliphatic heterocycles. The summed E-state index contributed by atoms with van der Waals surface area (Å²) in [5.74, 6) is 0.00818. The predicted octanol–water partition coefficient (Wildman–Crippen LogP) is 4.13. The molecule has 8 heteroatoms. The highest BCUT2D eigenvalue weighted by Crippen LogP contribution is 2.34. The summed E-state index contributed by atoms with van der Waals surface area (Å²) in [5.41, 5.74) is -0.588. The third kappa shape index (κ3) is 4.33. The van der Waals surface area contributed by atoms with Crippen molar-refractivity contribution in [2.45, 2.75) is 19.0 Å². The largest absolute Gasteiger partial charge is 0.497 e. The van der Waals surface area contributed by atoms with Crippen LogP contribution in [0.15, 0.2) is 53.3 Å². The lowest BCUT2D eigenvalue weighted by Gasteiger charge is -2.13. The molecule has 0 saturated heterocycles. The Bertz CT molecular complexity index is 1070. The van der Waals surface area contributed by atoms with Crippen molar-refractivity contribution in [2.75, 3.05) is 12.4 Å². The predicted molar refractivity (Wildman–Crippen MR) is 99.5 cm³/mol. The van der Waals surface area contributed by atoms with Gasteiger partial charge in [0, 0.05) is 22.9 Å². The molecule has 3 aromatic rings. The van der Waals surface area contributed by atoms with Gasteiger partial charge in [0.2, 0.25) is 5.91 Å². The lowest BCUT2D eigenvalue weighted by molar-refractivity contribution is -0.137. The molecule has 146 valence electrons. The fourth-order valence-corrected chi connectivity index (χ4v) is 2.84. The number of hydrogen-bond acceptors (Lipinski definition) is 3. The van der Waals surface area contributed by atoms with Crippen molar-refractivity contribution < 1.29 is 22.7 Å². The lowest BCUT2D eigenvalue weighted by Crippen LogP contribution is -2.19. The van der Waals surface area contributed by atoms with Crippen LogP contribution < -0.4 is 15.6 Å². The van der Waals surface area contributed by atoms with Crippen molar-refractivity contribution in [3.63, 3.8) is 0 Å². The maximum absolute atomic E-state index is 13.0. The van der Waals surface area contributed by atoms with Crippen molar-refractivity contribution >= 4 is 22.5 Å². The minimum atomic E-state index is -4.57. The maximum Gasteiger partial charge on any atom is 0.418 e. The van der Waals surface area contributed by atoms with Crippen molar-refractivity contribution in [2.24, 2.45) is 0 Å². The zero-order valence-corrected chi connectivity index (χ0v) is 14.9. The number of amides is 1. The van der Waals surface area contributed by atoms with Gasteiger partial charge < -0.3 is 15.0 Å². The fraction of sp³-hybridized carbons (Fsp3) is 0.200. The van der Waals surface area contributed by atoms with Crippen LogP contribution in [-0.2, 0) is 17.4 Å². The molecular formula is C20H17F3N2O3. The first kappa shape index (κ1) is 19.5. The number of anilines is 1. The Labute approximate surface area is 158 Å². The van der Waals surface area contributed by atoms with E-state index in [2.05, 4.69) is 10.3 Å². The van der Waals surface area contributed by atoms with Gasteiger partial charge in [0.25, 0.3) is 5.56 Å². The Morgan fingerprint density at radius 1 is 1.14 bits per heavy atom. The number of hydrogen-bond donors (Lipinski definition) is 2. The summed E-state index contributed by atoms with van der Waals surface area (Å²) in [6.07, 6.45) is -4.62. The SMILES string of the molecule is COc1ccc2[nH]c(=O)c(CCC(=O)Nc3ccccc3C(F)(F)F)cc2c1. The number of methoxy groups -OCH3 is 1. The Kier molecular flexibility index (Phi) is 5.39. The number of aryl methyl sites for hydroxylation is 1. The van der Waals surface area contributed by atoms with Gasteiger partial charge in [-0.25, -0.2) is 0 Å². The smallest absolute Gasteiger partial charge is 0.418 e. The molecule has 0 aliphatic rings. The second-order valence-corrected chi connectivity index (χ2v) is 6.17. The summed E-state index contributed by atoms with van der Waals surface area (Å²) in [6.45, 7) is 0. The normalized spacial score (nSPS) is 11.4. The number of carbonyl (C=O) groups excluding carboxylic acids is 1. The molecule has 0 aliphatic carbocycles. The molecule has 5 nitrogen and oxygen atoms in total. The molecule has 3 rings (SSSR count). The van der Waals surface area contributed by atoms with Crippen LogP contribution in [0.3, 0.4) is 0 Å². The molecule has 28 heavy (non-hydrogen) atoms. The van der Waals surface area contributed by atoms with Gasteiger partial charge in [-0.05, 0) is 42.8 Å². The van der Waals surface area contributed by atoms with Gasteiger partial charge >= 0.3 is 6.18 Å². The minimum absolute atomic E-state index is 0.0858. The van der Waals surface area contributed by atoms with E-state index in [0.717, 1.165) is 11.5 Å². The van der Waals surface area contributed by atoms with Crippen LogP contribution in [0.25, 0.3) is 10.9 Å². The number of nitrogens with one attached hydrogen (secondary N) is 2. The second kappa shape index (κ2) is 7.75. The quantitative estimate of drug-likeness (QED) is 0.688. The van der Waals surface area contributed by atoms with E-state index < -0.39 is 17.6 Å². The van der Waals surface area contributed by atoms with E-state index >= 15 is 0 Å². The number of para-hydroxylation sites is 1. The summed E-state index contributed by atoms with van der Waals surface area (Å²) in [7, 11) is 1.52. The summed E-state index contributed by atoms with van der Waals surface area (Å²) in [6, 6.07) is 11.6. The van der Waals surface area contributed by atoms with Crippen LogP contribution in [0, 0.1) is 0 Å². The Morgan fingerprint density at radius 2 is 1.89 bits per heavy atom. The standard InChI is InChI=1S/C20H17F3N2O3/c1-28-14-7-8-16-13(11-14)10-12(19(27)25-16)6-9-18(26)24-17-5-3-2-4-15(17)20(21,22)23/h2-5,7-8,10-11H,6,9H2,1H3,(H,24,26)(H,25,27). The molecule has 2 aromatic carbocycles. The van der Waals surface area contributed by atoms with Crippen LogP contribution in [-0.4, -0.2) is 18.0 Å². The van der Waals surface area contributed by atoms with Crippen LogP contribution >= 0.6 is 0 Å². The van der Waals surface area contributed by atoms with Gasteiger partial charge in [0.1, 0.15) is 5.75 Å². The third-order valence-corrected chi connectivity index (χ3v) is 4.26. The minimum Gasteiger partial charge on any atom is -0.497 e. The maximum atomic E-state index is 13.0. The van der Waals surface area contributed by atoms with Crippen molar-refractivity contribution in [3.05, 3.63) is 70.0 Å². The number of ether oxygens (including phenoxy) is 1. The number of rotatable bonds is 5. The van der Waals surface area contributed by atoms with Gasteiger partial charge in [-0.2, -0.15) is 13.2 Å². The Hall–Kier alpha value is -3.29. The monoisotopic (exact) mass is 390 g/mol. The second-order valence-electron chi connectivity index (χ2n) is 6.17. The van der Waals surface area contributed by atoms with Gasteiger partial charge in [0.05, 0.1) is 18.4 Å². The average Bonchev–Trinajstić information content (AvgIpc) is 2.65. The molecule has 0 saturated carbocycles. The summed E-state index contributed by atoms with van der Waals surface area (Å²) in [5, 5.41) is 3.00. The van der Waals surface area contributed by atoms with Gasteiger partial charge in [-0.1, -0.05) is 12.1 Å². The molecule has 1 aromatic heterocycles. The van der Waals surface area contributed by atoms with Crippen molar-refractivity contribution in [1.29, 1.82) is 0 Å². The van der Waals surface area contributed by atoms with Crippen molar-refractivity contribution in [1.82, 2.24) is 4.98 Å². The van der Waals surface area contributed by atoms with Crippen LogP contribution in [0.4, 0.5) is 18.9 Å². The van der Waals surface area contributed by atoms with Gasteiger partial charge in [0.15, 0.2) is 0 Å². The van der Waals surface area contributed by atoms with E-state index in [9.17, 15) is 22.8 Å². The molecule has 1 amide bonds. The first-order valence-corrected chi connectivity index (χ1v) is 8.44. The summed E-state index contributed by atoms with van der Waals surface area (Å²) < 4.78 is 44.2. The molecular weight excluding hydrogens is 373 g/mol. The van der Waals surface area contributed by atoms with E-state index in [1.54, 1.807) is 24.3 Å².